The van der Waals surface area contributed by atoms with E-state index in [1.54, 1.807) is 6.07 Å². The molecule has 0 fully saturated rings. The van der Waals surface area contributed by atoms with E-state index in [0.29, 0.717) is 18.2 Å². The molecular weight excluding hydrogens is 632 g/mol. The number of carbonyl (C=O) groups excluding carboxylic acids is 2. The molecule has 0 saturated carbocycles. The van der Waals surface area contributed by atoms with Crippen molar-refractivity contribution in [1.29, 1.82) is 5.26 Å². The lowest BCUT2D eigenvalue weighted by atomic mass is 9.95. The molecular formula is C29H13F10NO5. The predicted octanol–water partition coefficient (Wildman–Crippen LogP) is 6.34. The maximum atomic E-state index is 14.2. The first-order valence-corrected chi connectivity index (χ1v) is 12.6. The van der Waals surface area contributed by atoms with Crippen LogP contribution in [0.15, 0.2) is 42.5 Å². The van der Waals surface area contributed by atoms with Gasteiger partial charge in [-0.05, 0) is 36.4 Å². The summed E-state index contributed by atoms with van der Waals surface area (Å²) in [6, 6.07) is 7.13. The second-order valence-electron chi connectivity index (χ2n) is 10.8. The van der Waals surface area contributed by atoms with Crippen LogP contribution in [0.3, 0.4) is 0 Å². The highest BCUT2D eigenvalue weighted by molar-refractivity contribution is 6.06. The van der Waals surface area contributed by atoms with Crippen LogP contribution in [0.1, 0.15) is 61.4 Å². The SMILES string of the molecule is N#Cc1cc(F)cc(Oc2ccc3c4c2C(=O)CC4(O)C(F)(F)C3(F)F)c1.O=C1CC2(O)c3c(ccc(F)c31)C(F)(F)C2(F)F. The quantitative estimate of drug-likeness (QED) is 0.315. The molecule has 0 aromatic heterocycles. The molecule has 7 rings (SSSR count). The first-order valence-electron chi connectivity index (χ1n) is 12.6. The van der Waals surface area contributed by atoms with Crippen LogP contribution in [0.5, 0.6) is 11.5 Å². The fourth-order valence-electron chi connectivity index (χ4n) is 6.20. The van der Waals surface area contributed by atoms with E-state index in [1.165, 1.54) is 0 Å². The highest BCUT2D eigenvalue weighted by Crippen LogP contribution is 2.67. The third-order valence-electron chi connectivity index (χ3n) is 8.27. The molecule has 0 heterocycles. The number of halogens is 10. The van der Waals surface area contributed by atoms with Crippen molar-refractivity contribution in [2.75, 3.05) is 0 Å². The predicted molar refractivity (Wildman–Crippen MR) is 127 cm³/mol. The van der Waals surface area contributed by atoms with Gasteiger partial charge < -0.3 is 14.9 Å². The Balaban J connectivity index is 0.000000172. The number of aliphatic hydroxyl groups is 2. The van der Waals surface area contributed by atoms with Crippen LogP contribution in [0.2, 0.25) is 0 Å². The fraction of sp³-hybridized carbons (Fsp3) is 0.276. The van der Waals surface area contributed by atoms with Gasteiger partial charge in [0.1, 0.15) is 23.1 Å². The highest BCUT2D eigenvalue weighted by Gasteiger charge is 2.80. The van der Waals surface area contributed by atoms with Gasteiger partial charge in [-0.1, -0.05) is 0 Å². The minimum Gasteiger partial charge on any atom is -0.456 e. The van der Waals surface area contributed by atoms with Crippen molar-refractivity contribution in [3.63, 3.8) is 0 Å². The minimum atomic E-state index is -4.88. The van der Waals surface area contributed by atoms with Gasteiger partial charge in [0.2, 0.25) is 0 Å². The summed E-state index contributed by atoms with van der Waals surface area (Å²) in [4.78, 5) is 23.6. The Hall–Kier alpha value is -4.49. The average Bonchev–Trinajstić information content (AvgIpc) is 3.46. The van der Waals surface area contributed by atoms with E-state index < -0.39 is 110 Å². The summed E-state index contributed by atoms with van der Waals surface area (Å²) < 4.78 is 143. The first kappa shape index (κ1) is 30.5. The first-order chi connectivity index (χ1) is 20.7. The Morgan fingerprint density at radius 1 is 0.711 bits per heavy atom. The normalized spacial score (nSPS) is 26.6. The van der Waals surface area contributed by atoms with Gasteiger partial charge in [-0.2, -0.15) is 40.4 Å². The molecule has 0 aliphatic heterocycles. The summed E-state index contributed by atoms with van der Waals surface area (Å²) in [6.45, 7) is 0. The third kappa shape index (κ3) is 3.53. The van der Waals surface area contributed by atoms with Crippen molar-refractivity contribution in [3.8, 4) is 17.6 Å². The van der Waals surface area contributed by atoms with Gasteiger partial charge in [0, 0.05) is 28.3 Å². The smallest absolute Gasteiger partial charge is 0.347 e. The topological polar surface area (TPSA) is 108 Å². The van der Waals surface area contributed by atoms with Crippen molar-refractivity contribution >= 4 is 11.6 Å². The van der Waals surface area contributed by atoms with Gasteiger partial charge >= 0.3 is 23.7 Å². The number of hydrogen-bond donors (Lipinski definition) is 2. The maximum Gasteiger partial charge on any atom is 0.347 e. The Morgan fingerprint density at radius 2 is 1.20 bits per heavy atom. The van der Waals surface area contributed by atoms with Crippen LogP contribution in [-0.4, -0.2) is 33.6 Å². The largest absolute Gasteiger partial charge is 0.456 e. The Labute approximate surface area is 244 Å². The standard InChI is InChI=1S/C18H8F5NO3.C11H5F5O2/c19-9-3-8(7-24)4-10(5-9)27-13-2-1-11-15-14(13)12(25)6-16(15,26)18(22,23)17(11,20)21;12-5-2-1-4-8-7(5)6(17)3-9(8,18)11(15,16)10(4,13)14/h1-5,26H,6H2;1-2,18H,3H2. The molecule has 0 spiro atoms. The zero-order chi connectivity index (χ0) is 33.3. The molecule has 4 aliphatic rings. The fourth-order valence-corrected chi connectivity index (χ4v) is 6.20. The Bertz CT molecular complexity index is 1920. The molecule has 2 atom stereocenters. The number of benzene rings is 3. The zero-order valence-electron chi connectivity index (χ0n) is 21.8. The molecule has 0 radical (unpaired) electrons. The molecule has 3 aromatic carbocycles. The second kappa shape index (κ2) is 8.82. The lowest BCUT2D eigenvalue weighted by molar-refractivity contribution is -0.283. The minimum absolute atomic E-state index is 0.108. The number of ketones is 2. The number of rotatable bonds is 2. The van der Waals surface area contributed by atoms with Crippen molar-refractivity contribution in [2.45, 2.75) is 47.7 Å². The summed E-state index contributed by atoms with van der Waals surface area (Å²) in [5, 5.41) is 28.8. The monoisotopic (exact) mass is 645 g/mol. The van der Waals surface area contributed by atoms with E-state index >= 15 is 0 Å². The van der Waals surface area contributed by atoms with Crippen LogP contribution in [0.25, 0.3) is 0 Å². The maximum absolute atomic E-state index is 14.2. The van der Waals surface area contributed by atoms with Crippen molar-refractivity contribution in [2.24, 2.45) is 0 Å². The number of carbonyl (C=O) groups is 2. The van der Waals surface area contributed by atoms with E-state index in [9.17, 15) is 63.7 Å². The molecule has 2 unspecified atom stereocenters. The van der Waals surface area contributed by atoms with Crippen LogP contribution in [-0.2, 0) is 23.0 Å². The van der Waals surface area contributed by atoms with E-state index in [1.807, 2.05) is 0 Å². The molecule has 6 nitrogen and oxygen atoms in total. The number of ether oxygens (including phenoxy) is 1. The van der Waals surface area contributed by atoms with Crippen molar-refractivity contribution in [3.05, 3.63) is 93.0 Å². The lowest BCUT2D eigenvalue weighted by Crippen LogP contribution is -2.48. The van der Waals surface area contributed by atoms with Gasteiger partial charge in [0.05, 0.1) is 35.6 Å². The molecule has 3 aromatic rings. The van der Waals surface area contributed by atoms with Crippen LogP contribution in [0.4, 0.5) is 43.9 Å². The summed E-state index contributed by atoms with van der Waals surface area (Å²) in [5.41, 5.74) is -12.4. The van der Waals surface area contributed by atoms with E-state index in [0.717, 1.165) is 24.3 Å². The zero-order valence-corrected chi connectivity index (χ0v) is 21.8. The number of hydrogen-bond acceptors (Lipinski definition) is 6. The van der Waals surface area contributed by atoms with Crippen LogP contribution < -0.4 is 4.74 Å². The molecule has 0 saturated heterocycles. The van der Waals surface area contributed by atoms with Gasteiger partial charge in [-0.15, -0.1) is 0 Å². The molecule has 2 N–H and O–H groups in total. The number of nitriles is 1. The molecule has 0 amide bonds. The van der Waals surface area contributed by atoms with Crippen molar-refractivity contribution < 1.29 is 68.4 Å². The number of nitrogens with zero attached hydrogens (tertiary/aromatic N) is 1. The van der Waals surface area contributed by atoms with Crippen LogP contribution in [0, 0.1) is 23.0 Å². The molecule has 0 bridgehead atoms. The van der Waals surface area contributed by atoms with Crippen LogP contribution >= 0.6 is 0 Å². The average molecular weight is 645 g/mol. The summed E-state index contributed by atoms with van der Waals surface area (Å²) in [7, 11) is 0. The summed E-state index contributed by atoms with van der Waals surface area (Å²) in [6.07, 6.45) is -2.47. The summed E-state index contributed by atoms with van der Waals surface area (Å²) in [5.74, 6) is -23.7. The van der Waals surface area contributed by atoms with Gasteiger partial charge in [-0.3, -0.25) is 9.59 Å². The molecule has 45 heavy (non-hydrogen) atoms. The van der Waals surface area contributed by atoms with Crippen molar-refractivity contribution in [1.82, 2.24) is 0 Å². The van der Waals surface area contributed by atoms with E-state index in [2.05, 4.69) is 0 Å². The van der Waals surface area contributed by atoms with Gasteiger partial charge in [0.15, 0.2) is 22.8 Å². The Morgan fingerprint density at radius 3 is 1.73 bits per heavy atom. The Kier molecular flexibility index (Phi) is 5.98. The van der Waals surface area contributed by atoms with Gasteiger partial charge in [-0.25, -0.2) is 8.78 Å². The highest BCUT2D eigenvalue weighted by atomic mass is 19.3. The second-order valence-corrected chi connectivity index (χ2v) is 10.8. The summed E-state index contributed by atoms with van der Waals surface area (Å²) >= 11 is 0. The molecule has 4 aliphatic carbocycles. The molecule has 16 heteroatoms. The van der Waals surface area contributed by atoms with E-state index in [-0.39, 0.29) is 11.3 Å². The number of alkyl halides is 8. The van der Waals surface area contributed by atoms with E-state index in [4.69, 9.17) is 10.00 Å². The third-order valence-corrected chi connectivity index (χ3v) is 8.27. The molecule has 234 valence electrons. The van der Waals surface area contributed by atoms with Gasteiger partial charge in [0.25, 0.3) is 0 Å². The lowest BCUT2D eigenvalue weighted by Gasteiger charge is -2.29. The number of Topliss-reactive ketones (excluding diaryl/α,β-unsaturated/α-hetero) is 2.